The maximum absolute atomic E-state index is 5.41. The average molecular weight is 386 g/mol. The van der Waals surface area contributed by atoms with E-state index >= 15 is 0 Å². The summed E-state index contributed by atoms with van der Waals surface area (Å²) in [4.78, 5) is 9.43. The largest absolute Gasteiger partial charge is 0.497 e. The van der Waals surface area contributed by atoms with Gasteiger partial charge in [-0.25, -0.2) is 0 Å². The number of anilines is 1. The third kappa shape index (κ3) is 5.66. The first-order valence-electron chi connectivity index (χ1n) is 9.73. The first-order chi connectivity index (χ1) is 13.8. The highest BCUT2D eigenvalue weighted by atomic mass is 16.5. The predicted molar refractivity (Wildman–Crippen MR) is 111 cm³/mol. The van der Waals surface area contributed by atoms with E-state index in [-0.39, 0.29) is 0 Å². The van der Waals surface area contributed by atoms with Crippen molar-refractivity contribution in [3.8, 4) is 5.75 Å². The molecule has 1 saturated heterocycles. The summed E-state index contributed by atoms with van der Waals surface area (Å²) in [5.74, 6) is 2.81. The molecule has 0 spiro atoms. The molecule has 0 saturated carbocycles. The zero-order valence-electron chi connectivity index (χ0n) is 16.8. The van der Waals surface area contributed by atoms with Crippen molar-refractivity contribution in [2.24, 2.45) is 4.99 Å². The van der Waals surface area contributed by atoms with Crippen molar-refractivity contribution in [3.05, 3.63) is 48.4 Å². The molecule has 0 bridgehead atoms. The summed E-state index contributed by atoms with van der Waals surface area (Å²) < 4.78 is 15.8. The Bertz CT molecular complexity index is 708. The minimum absolute atomic E-state index is 0.620. The minimum atomic E-state index is 0.620. The van der Waals surface area contributed by atoms with Crippen molar-refractivity contribution in [2.75, 3.05) is 65.0 Å². The average Bonchev–Trinajstić information content (AvgIpc) is 3.26. The lowest BCUT2D eigenvalue weighted by Crippen LogP contribution is -2.53. The Morgan fingerprint density at radius 3 is 2.54 bits per heavy atom. The smallest absolute Gasteiger partial charge is 0.194 e. The first-order valence-corrected chi connectivity index (χ1v) is 9.73. The summed E-state index contributed by atoms with van der Waals surface area (Å²) in [5, 5.41) is 3.48. The van der Waals surface area contributed by atoms with Crippen LogP contribution in [0.4, 0.5) is 5.69 Å². The van der Waals surface area contributed by atoms with Gasteiger partial charge in [-0.1, -0.05) is 0 Å². The molecule has 7 nitrogen and oxygen atoms in total. The normalized spacial score (nSPS) is 15.0. The van der Waals surface area contributed by atoms with Gasteiger partial charge in [0.05, 0.1) is 26.5 Å². The molecule has 1 N–H and O–H groups in total. The van der Waals surface area contributed by atoms with Crippen LogP contribution in [0.3, 0.4) is 0 Å². The van der Waals surface area contributed by atoms with Crippen LogP contribution in [0.15, 0.2) is 52.1 Å². The number of ether oxygens (including phenoxy) is 2. The van der Waals surface area contributed by atoms with Crippen LogP contribution in [0.5, 0.6) is 5.75 Å². The van der Waals surface area contributed by atoms with E-state index < -0.39 is 0 Å². The van der Waals surface area contributed by atoms with E-state index in [2.05, 4.69) is 27.2 Å². The molecule has 2 aromatic rings. The summed E-state index contributed by atoms with van der Waals surface area (Å²) >= 11 is 0. The third-order valence-corrected chi connectivity index (χ3v) is 4.81. The highest BCUT2D eigenvalue weighted by Gasteiger charge is 2.20. The van der Waals surface area contributed by atoms with Crippen LogP contribution in [0.25, 0.3) is 0 Å². The monoisotopic (exact) mass is 386 g/mol. The maximum atomic E-state index is 5.41. The molecule has 0 amide bonds. The molecule has 7 heteroatoms. The number of guanidine groups is 1. The molecule has 3 rings (SSSR count). The molecule has 1 aromatic heterocycles. The zero-order chi connectivity index (χ0) is 19.6. The molecule has 1 fully saturated rings. The number of piperazine rings is 1. The highest BCUT2D eigenvalue weighted by Crippen LogP contribution is 2.20. The Morgan fingerprint density at radius 2 is 1.89 bits per heavy atom. The molecule has 0 radical (unpaired) electrons. The lowest BCUT2D eigenvalue weighted by molar-refractivity contribution is 0.207. The fraction of sp³-hybridized carbons (Fsp3) is 0.476. The molecule has 1 aromatic carbocycles. The lowest BCUT2D eigenvalue weighted by Gasteiger charge is -2.37. The summed E-state index contributed by atoms with van der Waals surface area (Å²) in [7, 11) is 3.39. The molecule has 0 unspecified atom stereocenters. The van der Waals surface area contributed by atoms with Crippen LogP contribution in [0.2, 0.25) is 0 Å². The van der Waals surface area contributed by atoms with E-state index in [1.807, 2.05) is 24.3 Å². The molecule has 1 aliphatic heterocycles. The summed E-state index contributed by atoms with van der Waals surface area (Å²) in [5.41, 5.74) is 1.23. The van der Waals surface area contributed by atoms with Gasteiger partial charge in [-0.15, -0.1) is 0 Å². The Kier molecular flexibility index (Phi) is 7.61. The van der Waals surface area contributed by atoms with Gasteiger partial charge in [0.1, 0.15) is 11.5 Å². The number of methoxy groups -OCH3 is 2. The molecule has 0 atom stereocenters. The standard InChI is InChI=1S/C21H30N4O3/c1-26-17-11-23-21(22-10-9-20-4-3-16-28-20)25-14-12-24(13-15-25)18-5-7-19(27-2)8-6-18/h3-8,16H,9-15,17H2,1-2H3,(H,22,23). The quantitative estimate of drug-likeness (QED) is 0.427. The topological polar surface area (TPSA) is 62.5 Å². The van der Waals surface area contributed by atoms with E-state index in [9.17, 15) is 0 Å². The van der Waals surface area contributed by atoms with Crippen molar-refractivity contribution >= 4 is 11.6 Å². The SMILES string of the molecule is COCCN=C(NCCc1ccco1)N1CCN(c2ccc(OC)cc2)CC1. The van der Waals surface area contributed by atoms with Gasteiger partial charge >= 0.3 is 0 Å². The number of hydrogen-bond donors (Lipinski definition) is 1. The van der Waals surface area contributed by atoms with Crippen LogP contribution in [0, 0.1) is 0 Å². The number of aliphatic imine (C=N–C) groups is 1. The van der Waals surface area contributed by atoms with E-state index in [1.165, 1.54) is 5.69 Å². The number of nitrogens with zero attached hydrogens (tertiary/aromatic N) is 3. The minimum Gasteiger partial charge on any atom is -0.497 e. The molecular weight excluding hydrogens is 356 g/mol. The van der Waals surface area contributed by atoms with Crippen molar-refractivity contribution in [1.82, 2.24) is 10.2 Å². The maximum Gasteiger partial charge on any atom is 0.194 e. The van der Waals surface area contributed by atoms with Crippen LogP contribution >= 0.6 is 0 Å². The molecular formula is C21H30N4O3. The molecule has 1 aliphatic rings. The van der Waals surface area contributed by atoms with Crippen molar-refractivity contribution < 1.29 is 13.9 Å². The van der Waals surface area contributed by atoms with Crippen LogP contribution in [-0.2, 0) is 11.2 Å². The molecule has 28 heavy (non-hydrogen) atoms. The highest BCUT2D eigenvalue weighted by molar-refractivity contribution is 5.80. The van der Waals surface area contributed by atoms with Gasteiger partial charge in [0, 0.05) is 51.9 Å². The fourth-order valence-corrected chi connectivity index (χ4v) is 3.23. The van der Waals surface area contributed by atoms with Crippen molar-refractivity contribution in [2.45, 2.75) is 6.42 Å². The van der Waals surface area contributed by atoms with E-state index in [4.69, 9.17) is 18.9 Å². The van der Waals surface area contributed by atoms with Gasteiger partial charge in [-0.3, -0.25) is 4.99 Å². The zero-order valence-corrected chi connectivity index (χ0v) is 16.8. The molecule has 0 aliphatic carbocycles. The first kappa shape index (κ1) is 20.1. The van der Waals surface area contributed by atoms with Gasteiger partial charge < -0.3 is 29.0 Å². The van der Waals surface area contributed by atoms with Crippen LogP contribution in [0.1, 0.15) is 5.76 Å². The molecule has 152 valence electrons. The number of benzene rings is 1. The number of rotatable bonds is 8. The Labute approximate surface area is 166 Å². The summed E-state index contributed by atoms with van der Waals surface area (Å²) in [6.45, 7) is 5.81. The Hall–Kier alpha value is -2.67. The lowest BCUT2D eigenvalue weighted by atomic mass is 10.2. The Morgan fingerprint density at radius 1 is 1.11 bits per heavy atom. The van der Waals surface area contributed by atoms with Crippen molar-refractivity contribution in [1.29, 1.82) is 0 Å². The fourth-order valence-electron chi connectivity index (χ4n) is 3.23. The van der Waals surface area contributed by atoms with Gasteiger partial charge in [0.15, 0.2) is 5.96 Å². The number of furan rings is 1. The van der Waals surface area contributed by atoms with Crippen LogP contribution < -0.4 is 15.0 Å². The second kappa shape index (κ2) is 10.6. The van der Waals surface area contributed by atoms with Gasteiger partial charge in [0.25, 0.3) is 0 Å². The predicted octanol–water partition coefficient (Wildman–Crippen LogP) is 2.24. The third-order valence-electron chi connectivity index (χ3n) is 4.81. The summed E-state index contributed by atoms with van der Waals surface area (Å²) in [6, 6.07) is 12.2. The van der Waals surface area contributed by atoms with Gasteiger partial charge in [0.2, 0.25) is 0 Å². The second-order valence-electron chi connectivity index (χ2n) is 6.63. The van der Waals surface area contributed by atoms with E-state index in [1.54, 1.807) is 20.5 Å². The number of hydrogen-bond acceptors (Lipinski definition) is 5. The van der Waals surface area contributed by atoms with Crippen molar-refractivity contribution in [3.63, 3.8) is 0 Å². The van der Waals surface area contributed by atoms with Gasteiger partial charge in [-0.2, -0.15) is 0 Å². The van der Waals surface area contributed by atoms with E-state index in [0.29, 0.717) is 13.2 Å². The van der Waals surface area contributed by atoms with Gasteiger partial charge in [-0.05, 0) is 36.4 Å². The Balaban J connectivity index is 1.54. The number of nitrogens with one attached hydrogen (secondary N) is 1. The van der Waals surface area contributed by atoms with Crippen LogP contribution in [-0.4, -0.2) is 71.0 Å². The molecule has 2 heterocycles. The second-order valence-corrected chi connectivity index (χ2v) is 6.63. The van der Waals surface area contributed by atoms with E-state index in [0.717, 1.165) is 56.6 Å². The summed E-state index contributed by atoms with van der Waals surface area (Å²) in [6.07, 6.45) is 2.55.